The van der Waals surface area contributed by atoms with Crippen LogP contribution in [0.2, 0.25) is 0 Å². The fourth-order valence-corrected chi connectivity index (χ4v) is 6.98. The number of hydrogen-bond donors (Lipinski definition) is 0. The monoisotopic (exact) mass is 754 g/mol. The van der Waals surface area contributed by atoms with Crippen molar-refractivity contribution in [2.75, 3.05) is 31.1 Å². The van der Waals surface area contributed by atoms with Crippen molar-refractivity contribution in [3.8, 4) is 22.7 Å². The summed E-state index contributed by atoms with van der Waals surface area (Å²) in [5, 5.41) is 0.482. The van der Waals surface area contributed by atoms with Crippen LogP contribution in [0.15, 0.2) is 54.0 Å². The third kappa shape index (κ3) is 7.41. The average Bonchev–Trinajstić information content (AvgIpc) is 3.14. The van der Waals surface area contributed by atoms with E-state index in [0.29, 0.717) is 47.7 Å². The van der Waals surface area contributed by atoms with Gasteiger partial charge in [0, 0.05) is 37.4 Å². The van der Waals surface area contributed by atoms with Crippen LogP contribution < -0.4 is 15.3 Å². The number of nitrogens with zero attached hydrogens (tertiary/aromatic N) is 6. The first-order valence-corrected chi connectivity index (χ1v) is 18.6. The molecule has 2 unspecified atom stereocenters. The summed E-state index contributed by atoms with van der Waals surface area (Å²) in [4.78, 5) is 72.3. The second kappa shape index (κ2) is 15.6. The number of hydrogen-bond acceptors (Lipinski definition) is 11. The maximum absolute atomic E-state index is 16.1. The molecule has 2 bridgehead atoms. The Balaban J connectivity index is 1.74. The Morgan fingerprint density at radius 3 is 2.38 bits per heavy atom. The standard InChI is InChI=1S/C41H47FN6O7/c1-10-31(49)46-16-17-47(25(9)19-46)37-27-18-24(8)34-32-28(42)12-11-13-29(32)53-20-30(54-39(50)22(4)5)36(55-40(51)23(6)7)26-14-15-43-33(21(2)3)35(26)48(38(27)44-34)41(52)45-37/h10-15,18,21-23,25,30,36H,1,16-17,19-20H2,2-9H3/t25-,30?,36?/m0/s1. The van der Waals surface area contributed by atoms with Crippen LogP contribution in [0.3, 0.4) is 0 Å². The van der Waals surface area contributed by atoms with Gasteiger partial charge in [0.15, 0.2) is 17.9 Å². The van der Waals surface area contributed by atoms with Gasteiger partial charge >= 0.3 is 17.6 Å². The molecule has 1 fully saturated rings. The minimum Gasteiger partial charge on any atom is -0.489 e. The summed E-state index contributed by atoms with van der Waals surface area (Å²) in [6.45, 7) is 18.6. The Kier molecular flexibility index (Phi) is 11.1. The molecule has 55 heavy (non-hydrogen) atoms. The Bertz CT molecular complexity index is 2240. The molecule has 0 aliphatic carbocycles. The van der Waals surface area contributed by atoms with Gasteiger partial charge < -0.3 is 24.0 Å². The summed E-state index contributed by atoms with van der Waals surface area (Å²) >= 11 is 0. The number of rotatable bonds is 7. The molecule has 14 heteroatoms. The van der Waals surface area contributed by atoms with Crippen LogP contribution in [0.25, 0.3) is 28.0 Å². The van der Waals surface area contributed by atoms with Crippen molar-refractivity contribution < 1.29 is 33.0 Å². The molecule has 13 nitrogen and oxygen atoms in total. The predicted molar refractivity (Wildman–Crippen MR) is 205 cm³/mol. The highest BCUT2D eigenvalue weighted by Crippen LogP contribution is 2.41. The van der Waals surface area contributed by atoms with Crippen molar-refractivity contribution in [3.63, 3.8) is 0 Å². The number of aromatic nitrogens is 4. The van der Waals surface area contributed by atoms with E-state index in [4.69, 9.17) is 29.2 Å². The van der Waals surface area contributed by atoms with E-state index < -0.39 is 47.5 Å². The van der Waals surface area contributed by atoms with Crippen LogP contribution in [0.1, 0.15) is 77.3 Å². The highest BCUT2D eigenvalue weighted by Gasteiger charge is 2.38. The van der Waals surface area contributed by atoms with Crippen molar-refractivity contribution in [2.24, 2.45) is 11.8 Å². The van der Waals surface area contributed by atoms with Crippen molar-refractivity contribution in [2.45, 2.75) is 79.6 Å². The zero-order valence-electron chi connectivity index (χ0n) is 32.5. The number of pyridine rings is 2. The lowest BCUT2D eigenvalue weighted by Gasteiger charge is -2.40. The van der Waals surface area contributed by atoms with Crippen LogP contribution in [-0.2, 0) is 23.9 Å². The normalized spacial score (nSPS) is 18.4. The van der Waals surface area contributed by atoms with Crippen LogP contribution >= 0.6 is 0 Å². The van der Waals surface area contributed by atoms with Gasteiger partial charge in [-0.25, -0.2) is 18.7 Å². The SMILES string of the molecule is C=CC(=O)N1CCN(c2nc(=O)n3c4nc(c(C)cc24)-c2c(F)cccc2OCC(OC(=O)C(C)C)C(OC(=O)C(C)C)c2ccnc(C(C)C)c2-3)[C@@H](C)C1. The van der Waals surface area contributed by atoms with Crippen molar-refractivity contribution in [1.82, 2.24) is 24.4 Å². The second-order valence-electron chi connectivity index (χ2n) is 15.0. The van der Waals surface area contributed by atoms with Crippen LogP contribution in [0.5, 0.6) is 5.75 Å². The van der Waals surface area contributed by atoms with Crippen molar-refractivity contribution in [1.29, 1.82) is 0 Å². The Hall–Kier alpha value is -5.66. The van der Waals surface area contributed by atoms with Gasteiger partial charge in [0.2, 0.25) is 5.91 Å². The number of esters is 2. The molecule has 1 aromatic carbocycles. The molecule has 2 aliphatic heterocycles. The van der Waals surface area contributed by atoms with Gasteiger partial charge in [0.25, 0.3) is 0 Å². The van der Waals surface area contributed by atoms with Gasteiger partial charge in [0.05, 0.1) is 39.9 Å². The van der Waals surface area contributed by atoms with Crippen LogP contribution in [0.4, 0.5) is 10.2 Å². The van der Waals surface area contributed by atoms with Crippen LogP contribution in [0, 0.1) is 24.6 Å². The molecule has 3 atom stereocenters. The lowest BCUT2D eigenvalue weighted by molar-refractivity contribution is -0.175. The van der Waals surface area contributed by atoms with Gasteiger partial charge in [-0.15, -0.1) is 0 Å². The van der Waals surface area contributed by atoms with Gasteiger partial charge in [-0.05, 0) is 55.7 Å². The van der Waals surface area contributed by atoms with Gasteiger partial charge in [-0.2, -0.15) is 4.98 Å². The van der Waals surface area contributed by atoms with Gasteiger partial charge in [-0.3, -0.25) is 19.4 Å². The minimum absolute atomic E-state index is 0.0323. The lowest BCUT2D eigenvalue weighted by Crippen LogP contribution is -2.54. The topological polar surface area (TPSA) is 146 Å². The molecule has 6 rings (SSSR count). The number of halogens is 1. The fourth-order valence-electron chi connectivity index (χ4n) is 6.98. The molecule has 4 aromatic rings. The smallest absolute Gasteiger partial charge is 0.355 e. The third-order valence-corrected chi connectivity index (χ3v) is 9.89. The number of carbonyl (C=O) groups excluding carboxylic acids is 3. The maximum Gasteiger partial charge on any atom is 0.355 e. The molecular formula is C41H47FN6O7. The molecule has 0 radical (unpaired) electrons. The zero-order chi connectivity index (χ0) is 39.9. The summed E-state index contributed by atoms with van der Waals surface area (Å²) in [7, 11) is 0. The number of aryl methyl sites for hydroxylation is 1. The average molecular weight is 755 g/mol. The quantitative estimate of drug-likeness (QED) is 0.166. The molecule has 1 saturated heterocycles. The van der Waals surface area contributed by atoms with E-state index in [1.54, 1.807) is 57.8 Å². The maximum atomic E-state index is 16.1. The van der Waals surface area contributed by atoms with E-state index in [9.17, 15) is 19.2 Å². The summed E-state index contributed by atoms with van der Waals surface area (Å²) < 4.78 is 36.0. The summed E-state index contributed by atoms with van der Waals surface area (Å²) in [5.74, 6) is -2.96. The van der Waals surface area contributed by atoms with Crippen molar-refractivity contribution >= 4 is 34.7 Å². The van der Waals surface area contributed by atoms with E-state index in [0.717, 1.165) is 0 Å². The molecule has 0 spiro atoms. The number of anilines is 1. The van der Waals surface area contributed by atoms with E-state index in [1.807, 2.05) is 31.7 Å². The Morgan fingerprint density at radius 1 is 1.02 bits per heavy atom. The summed E-state index contributed by atoms with van der Waals surface area (Å²) in [6, 6.07) is 7.55. The van der Waals surface area contributed by atoms with E-state index in [-0.39, 0.29) is 52.8 Å². The van der Waals surface area contributed by atoms with Crippen molar-refractivity contribution in [3.05, 3.63) is 82.3 Å². The third-order valence-electron chi connectivity index (χ3n) is 9.89. The first kappa shape index (κ1) is 39.0. The predicted octanol–water partition coefficient (Wildman–Crippen LogP) is 5.84. The number of piperazine rings is 1. The molecular weight excluding hydrogens is 707 g/mol. The molecule has 0 saturated carbocycles. The fraction of sp³-hybridized carbons (Fsp3) is 0.439. The molecule has 3 aromatic heterocycles. The number of amides is 1. The highest BCUT2D eigenvalue weighted by molar-refractivity contribution is 5.92. The molecule has 0 N–H and O–H groups in total. The lowest BCUT2D eigenvalue weighted by atomic mass is 9.96. The zero-order valence-corrected chi connectivity index (χ0v) is 32.5. The first-order chi connectivity index (χ1) is 26.1. The molecule has 1 amide bonds. The Labute approximate surface area is 319 Å². The minimum atomic E-state index is -1.31. The number of ether oxygens (including phenoxy) is 3. The van der Waals surface area contributed by atoms with E-state index >= 15 is 4.39 Å². The van der Waals surface area contributed by atoms with Gasteiger partial charge in [-0.1, -0.05) is 54.2 Å². The summed E-state index contributed by atoms with van der Waals surface area (Å²) in [6.07, 6.45) is 0.258. The molecule has 290 valence electrons. The van der Waals surface area contributed by atoms with E-state index in [2.05, 4.69) is 6.58 Å². The summed E-state index contributed by atoms with van der Waals surface area (Å²) in [5.41, 5.74) is 1.25. The number of carbonyl (C=O) groups is 3. The van der Waals surface area contributed by atoms with Gasteiger partial charge in [0.1, 0.15) is 24.0 Å². The van der Waals surface area contributed by atoms with E-state index in [1.165, 1.54) is 22.8 Å². The largest absolute Gasteiger partial charge is 0.489 e. The first-order valence-electron chi connectivity index (χ1n) is 18.6. The molecule has 5 heterocycles. The Morgan fingerprint density at radius 2 is 1.73 bits per heavy atom. The van der Waals surface area contributed by atoms with Crippen LogP contribution in [-0.4, -0.2) is 80.7 Å². The second-order valence-corrected chi connectivity index (χ2v) is 15.0. The molecule has 2 aliphatic rings. The number of benzene rings is 1. The number of fused-ring (bicyclic) bond motifs is 5. The highest BCUT2D eigenvalue weighted by atomic mass is 19.1.